The van der Waals surface area contributed by atoms with Gasteiger partial charge in [0.25, 0.3) is 5.82 Å². The molecule has 0 bridgehead atoms. The van der Waals surface area contributed by atoms with Crippen LogP contribution >= 0.6 is 0 Å². The van der Waals surface area contributed by atoms with Crippen LogP contribution in [-0.2, 0) is 55.9 Å². The zero-order valence-corrected chi connectivity index (χ0v) is 14.9. The van der Waals surface area contributed by atoms with E-state index in [1.807, 2.05) is 0 Å². The van der Waals surface area contributed by atoms with Gasteiger partial charge in [-0.2, -0.15) is 0 Å². The summed E-state index contributed by atoms with van der Waals surface area (Å²) >= 11 is 0. The molecule has 0 saturated carbocycles. The van der Waals surface area contributed by atoms with Crippen molar-refractivity contribution >= 4 is 0 Å². The minimum Gasteiger partial charge on any atom is -2.00 e. The van der Waals surface area contributed by atoms with Gasteiger partial charge in [0.2, 0.25) is 0 Å². The van der Waals surface area contributed by atoms with Crippen molar-refractivity contribution in [1.82, 2.24) is 4.57 Å². The third kappa shape index (κ3) is 6.96. The molecule has 1 radical (unpaired) electrons. The summed E-state index contributed by atoms with van der Waals surface area (Å²) in [6.45, 7) is 5.42. The van der Waals surface area contributed by atoms with E-state index in [2.05, 4.69) is 72.8 Å². The van der Waals surface area contributed by atoms with Crippen LogP contribution in [0.25, 0.3) is 0 Å². The normalized spacial score (nSPS) is 8.38. The van der Waals surface area contributed by atoms with Crippen LogP contribution in [0, 0.1) is 0 Å². The van der Waals surface area contributed by atoms with E-state index in [1.165, 1.54) is 11.4 Å². The molecule has 0 aliphatic heterocycles. The summed E-state index contributed by atoms with van der Waals surface area (Å²) in [4.78, 5) is 0. The summed E-state index contributed by atoms with van der Waals surface area (Å²) in [5.74, 6) is 1.91. The summed E-state index contributed by atoms with van der Waals surface area (Å²) in [7, 11) is 2.11. The minimum atomic E-state index is 0. The summed E-state index contributed by atoms with van der Waals surface area (Å²) < 4.78 is 4.52. The second-order valence-electron chi connectivity index (χ2n) is 4.54. The van der Waals surface area contributed by atoms with E-state index in [9.17, 15) is 0 Å². The van der Waals surface area contributed by atoms with Crippen molar-refractivity contribution in [2.24, 2.45) is 7.05 Å². The van der Waals surface area contributed by atoms with Crippen LogP contribution in [0.5, 0.6) is 0 Å². The Balaban J connectivity index is -0.000000289. The Labute approximate surface area is 139 Å². The molecule has 7 heteroatoms. The molecule has 0 atom stereocenters. The third-order valence-corrected chi connectivity index (χ3v) is 2.84. The molecule has 0 aliphatic rings. The molecule has 0 spiro atoms. The maximum atomic E-state index is 2.32. The summed E-state index contributed by atoms with van der Waals surface area (Å²) in [5.41, 5.74) is 1.35. The van der Waals surface area contributed by atoms with Crippen LogP contribution in [-0.4, -0.2) is 4.57 Å². The van der Waals surface area contributed by atoms with Gasteiger partial charge in [0.15, 0.2) is 0 Å². The fraction of sp³-hybridized carbons (Fsp3) is 0.357. The number of benzene rings is 1. The smallest absolute Gasteiger partial charge is 0.259 e. The van der Waals surface area contributed by atoms with Gasteiger partial charge in [0.05, 0.1) is 13.0 Å². The molecule has 0 fully saturated rings. The number of rotatable bonds is 3. The first-order valence-electron chi connectivity index (χ1n) is 5.77. The van der Waals surface area contributed by atoms with Crippen molar-refractivity contribution in [1.29, 1.82) is 0 Å². The molecule has 0 aliphatic carbocycles. The van der Waals surface area contributed by atoms with Crippen molar-refractivity contribution in [3.63, 3.8) is 0 Å². The van der Waals surface area contributed by atoms with Gasteiger partial charge in [-0.15, -0.1) is 0 Å². The van der Waals surface area contributed by atoms with Gasteiger partial charge in [-0.1, -0.05) is 44.2 Å². The van der Waals surface area contributed by atoms with E-state index in [1.54, 1.807) is 0 Å². The fourth-order valence-electron chi connectivity index (χ4n) is 2.19. The predicted octanol–water partition coefficient (Wildman–Crippen LogP) is 2.01. The topological polar surface area (TPSA) is 123 Å². The summed E-state index contributed by atoms with van der Waals surface area (Å²) in [5, 5.41) is 0. The minimum absolute atomic E-state index is 0. The fourth-order valence-corrected chi connectivity index (χ4v) is 2.19. The molecular weight excluding hydrogens is 446 g/mol. The van der Waals surface area contributed by atoms with Crippen molar-refractivity contribution in [3.05, 3.63) is 54.1 Å². The second kappa shape index (κ2) is 12.7. The van der Waals surface area contributed by atoms with Gasteiger partial charge in [0, 0.05) is 20.4 Å². The molecule has 0 amide bonds. The van der Waals surface area contributed by atoms with E-state index < -0.39 is 0 Å². The number of imidazole rings is 1. The van der Waals surface area contributed by atoms with Crippen molar-refractivity contribution in [2.45, 2.75) is 26.3 Å². The molecule has 123 valence electrons. The Morgan fingerprint density at radius 2 is 1.52 bits per heavy atom. The van der Waals surface area contributed by atoms with Crippen LogP contribution in [0.3, 0.4) is 0 Å². The molecule has 1 aromatic heterocycles. The van der Waals surface area contributed by atoms with Gasteiger partial charge < -0.3 is 21.9 Å². The van der Waals surface area contributed by atoms with Crippen molar-refractivity contribution in [2.75, 3.05) is 0 Å². The average Bonchev–Trinajstić information content (AvgIpc) is 2.61. The molecule has 0 N–H and O–H groups in total. The summed E-state index contributed by atoms with van der Waals surface area (Å²) in [6.07, 6.45) is 4.28. The summed E-state index contributed by atoms with van der Waals surface area (Å²) in [6, 6.07) is 10.6. The largest absolute Gasteiger partial charge is 2.00 e. The quantitative estimate of drug-likeness (QED) is 0.616. The van der Waals surface area contributed by atoms with Crippen LogP contribution in [0.2, 0.25) is 0 Å². The van der Waals surface area contributed by atoms with Gasteiger partial charge in [-0.25, -0.2) is 9.13 Å². The number of hydrogen-bond donors (Lipinski definition) is 0. The monoisotopic (exact) mass is 466 g/mol. The molecule has 2 rings (SSSR count). The van der Waals surface area contributed by atoms with Gasteiger partial charge in [-0.3, -0.25) is 0 Å². The molecule has 1 heterocycles. The van der Waals surface area contributed by atoms with Crippen LogP contribution in [0.4, 0.5) is 0 Å². The third-order valence-electron chi connectivity index (χ3n) is 2.84. The number of nitrogens with zero attached hydrogens (tertiary/aromatic N) is 2. The van der Waals surface area contributed by atoms with E-state index in [0.717, 1.165) is 6.54 Å². The molecule has 2 aromatic rings. The first-order valence-corrected chi connectivity index (χ1v) is 5.77. The van der Waals surface area contributed by atoms with Crippen LogP contribution in [0.15, 0.2) is 42.7 Å². The number of hydrogen-bond acceptors (Lipinski definition) is 0. The van der Waals surface area contributed by atoms with E-state index in [4.69, 9.17) is 0 Å². The molecule has 6 nitrogen and oxygen atoms in total. The van der Waals surface area contributed by atoms with Crippen LogP contribution < -0.4 is 4.57 Å². The SMILES string of the molecule is CC(C)c1n(Cc2ccccc2)cc[n+]1C.[O-2].[O-2].[O-2].[O-2].[Re]. The average molecular weight is 466 g/mol. The number of aryl methyl sites for hydroxylation is 1. The van der Waals surface area contributed by atoms with E-state index in [-0.39, 0.29) is 42.3 Å². The van der Waals surface area contributed by atoms with Crippen LogP contribution in [0.1, 0.15) is 31.2 Å². The van der Waals surface area contributed by atoms with Gasteiger partial charge in [-0.05, 0) is 5.56 Å². The van der Waals surface area contributed by atoms with Gasteiger partial charge in [0.1, 0.15) is 18.9 Å². The standard InChI is InChI=1S/C14H19N2.4O.Re/c1-12(2)14-15(3)9-10-16(14)11-13-7-5-4-6-8-13;;;;;/h4-10,12H,11H2,1-3H3;;;;;/q+1;4*-2;. The predicted molar refractivity (Wildman–Crippen MR) is 68.0 cm³/mol. The Morgan fingerprint density at radius 1 is 1.00 bits per heavy atom. The Morgan fingerprint density at radius 3 is 2.00 bits per heavy atom. The molecule has 0 unspecified atom stereocenters. The zero-order chi connectivity index (χ0) is 11.5. The maximum Gasteiger partial charge on any atom is 0.259 e. The Hall–Kier alpha value is -1.07. The van der Waals surface area contributed by atoms with Gasteiger partial charge >= 0.3 is 0 Å². The first-order chi connectivity index (χ1) is 7.68. The van der Waals surface area contributed by atoms with Crippen molar-refractivity contribution < 1.29 is 46.9 Å². The number of aromatic nitrogens is 2. The van der Waals surface area contributed by atoms with E-state index >= 15 is 0 Å². The first kappa shape index (κ1) is 28.1. The molecule has 1 aromatic carbocycles. The molecule has 0 saturated heterocycles. The van der Waals surface area contributed by atoms with Crippen molar-refractivity contribution in [3.8, 4) is 0 Å². The molecule has 21 heavy (non-hydrogen) atoms. The second-order valence-corrected chi connectivity index (χ2v) is 4.54. The Kier molecular flexibility index (Phi) is 17.0. The van der Waals surface area contributed by atoms with E-state index in [0.29, 0.717) is 5.92 Å². The Bertz CT molecular complexity index is 475. The maximum absolute atomic E-state index is 2.32. The molecular formula is C14H19N2O4Re-7. The zero-order valence-electron chi connectivity index (χ0n) is 12.2.